The Balaban J connectivity index is 1.69. The topological polar surface area (TPSA) is 50.8 Å². The van der Waals surface area contributed by atoms with Crippen LogP contribution in [0.5, 0.6) is 11.5 Å². The van der Waals surface area contributed by atoms with Gasteiger partial charge in [-0.2, -0.15) is 13.2 Å². The monoisotopic (exact) mass is 436 g/mol. The number of anilines is 1. The number of nitrogens with one attached hydrogen (secondary N) is 1. The largest absolute Gasteiger partial charge is 0.493 e. The van der Waals surface area contributed by atoms with Gasteiger partial charge in [-0.1, -0.05) is 18.2 Å². The maximum atomic E-state index is 13.3. The van der Waals surface area contributed by atoms with Crippen molar-refractivity contribution in [3.8, 4) is 11.5 Å². The highest BCUT2D eigenvalue weighted by molar-refractivity contribution is 5.90. The highest BCUT2D eigenvalue weighted by Crippen LogP contribution is 2.35. The zero-order valence-corrected chi connectivity index (χ0v) is 17.7. The number of nitrogens with zero attached hydrogens (tertiary/aromatic N) is 1. The smallest absolute Gasteiger partial charge is 0.418 e. The Bertz CT molecular complexity index is 902. The second kappa shape index (κ2) is 9.94. The van der Waals surface area contributed by atoms with E-state index in [1.807, 2.05) is 18.2 Å². The van der Waals surface area contributed by atoms with Gasteiger partial charge in [-0.05, 0) is 61.9 Å². The molecule has 1 saturated heterocycles. The lowest BCUT2D eigenvalue weighted by molar-refractivity contribution is -0.136. The number of likely N-dealkylation sites (tertiary alicyclic amines) is 1. The Kier molecular flexibility index (Phi) is 7.30. The van der Waals surface area contributed by atoms with E-state index >= 15 is 0 Å². The van der Waals surface area contributed by atoms with Crippen LogP contribution in [0.4, 0.5) is 23.7 Å². The SMILES string of the molecule is COc1ccc(CCC2CCCCN2C(=O)Nc2ccccc2C(F)(F)F)cc1OC. The summed E-state index contributed by atoms with van der Waals surface area (Å²) in [4.78, 5) is 14.5. The molecule has 2 amide bonds. The number of hydrogen-bond acceptors (Lipinski definition) is 3. The normalized spacial score (nSPS) is 16.7. The summed E-state index contributed by atoms with van der Waals surface area (Å²) in [5, 5.41) is 2.48. The zero-order valence-electron chi connectivity index (χ0n) is 17.7. The number of methoxy groups -OCH3 is 2. The number of piperidine rings is 1. The Morgan fingerprint density at radius 1 is 1.10 bits per heavy atom. The van der Waals surface area contributed by atoms with Crippen LogP contribution in [0.15, 0.2) is 42.5 Å². The minimum absolute atomic E-state index is 0.0418. The third-order valence-electron chi connectivity index (χ3n) is 5.58. The third-order valence-corrected chi connectivity index (χ3v) is 5.58. The number of carbonyl (C=O) groups is 1. The molecule has 0 bridgehead atoms. The zero-order chi connectivity index (χ0) is 22.4. The lowest BCUT2D eigenvalue weighted by atomic mass is 9.96. The van der Waals surface area contributed by atoms with Crippen molar-refractivity contribution in [1.29, 1.82) is 0 Å². The van der Waals surface area contributed by atoms with Crippen molar-refractivity contribution >= 4 is 11.7 Å². The number of para-hydroxylation sites is 1. The van der Waals surface area contributed by atoms with Crippen molar-refractivity contribution in [3.05, 3.63) is 53.6 Å². The molecule has 31 heavy (non-hydrogen) atoms. The first-order valence-corrected chi connectivity index (χ1v) is 10.3. The fourth-order valence-corrected chi connectivity index (χ4v) is 3.96. The van der Waals surface area contributed by atoms with Crippen molar-refractivity contribution in [3.63, 3.8) is 0 Å². The van der Waals surface area contributed by atoms with Crippen molar-refractivity contribution in [2.24, 2.45) is 0 Å². The Morgan fingerprint density at radius 2 is 1.84 bits per heavy atom. The first kappa shape index (κ1) is 22.8. The molecular formula is C23H27F3N2O3. The number of alkyl halides is 3. The maximum absolute atomic E-state index is 13.3. The van der Waals surface area contributed by atoms with Crippen LogP contribution in [0, 0.1) is 0 Å². The van der Waals surface area contributed by atoms with Gasteiger partial charge in [0.25, 0.3) is 0 Å². The summed E-state index contributed by atoms with van der Waals surface area (Å²) in [7, 11) is 3.15. The molecule has 0 aromatic heterocycles. The highest BCUT2D eigenvalue weighted by atomic mass is 19.4. The number of hydrogen-bond donors (Lipinski definition) is 1. The van der Waals surface area contributed by atoms with Crippen LogP contribution in [0.3, 0.4) is 0 Å². The molecule has 1 aliphatic heterocycles. The highest BCUT2D eigenvalue weighted by Gasteiger charge is 2.34. The van der Waals surface area contributed by atoms with E-state index in [2.05, 4.69) is 5.32 Å². The number of amides is 2. The predicted molar refractivity (Wildman–Crippen MR) is 113 cm³/mol. The fourth-order valence-electron chi connectivity index (χ4n) is 3.96. The number of aryl methyl sites for hydroxylation is 1. The Morgan fingerprint density at radius 3 is 2.55 bits per heavy atom. The number of ether oxygens (including phenoxy) is 2. The molecule has 8 heteroatoms. The van der Waals surface area contributed by atoms with Gasteiger partial charge in [0.1, 0.15) is 0 Å². The molecule has 1 heterocycles. The quantitative estimate of drug-likeness (QED) is 0.628. The molecule has 1 aliphatic rings. The summed E-state index contributed by atoms with van der Waals surface area (Å²) in [5.41, 5.74) is -0.0162. The number of urea groups is 1. The molecule has 1 N–H and O–H groups in total. The molecule has 2 aromatic carbocycles. The van der Waals surface area contributed by atoms with E-state index in [1.54, 1.807) is 19.1 Å². The minimum Gasteiger partial charge on any atom is -0.493 e. The third kappa shape index (κ3) is 5.62. The van der Waals surface area contributed by atoms with Gasteiger partial charge in [0.05, 0.1) is 25.5 Å². The molecule has 0 radical (unpaired) electrons. The summed E-state index contributed by atoms with van der Waals surface area (Å²) in [6, 6.07) is 10.2. The van der Waals surface area contributed by atoms with Gasteiger partial charge in [-0.3, -0.25) is 0 Å². The maximum Gasteiger partial charge on any atom is 0.418 e. The molecule has 0 saturated carbocycles. The summed E-state index contributed by atoms with van der Waals surface area (Å²) in [6.07, 6.45) is -0.460. The van der Waals surface area contributed by atoms with E-state index in [0.29, 0.717) is 30.9 Å². The van der Waals surface area contributed by atoms with E-state index in [1.165, 1.54) is 18.2 Å². The average Bonchev–Trinajstić information content (AvgIpc) is 2.77. The molecule has 3 rings (SSSR count). The molecule has 1 atom stereocenters. The second-order valence-corrected chi connectivity index (χ2v) is 7.54. The molecule has 1 unspecified atom stereocenters. The summed E-state index contributed by atoms with van der Waals surface area (Å²) in [5.74, 6) is 1.29. The molecule has 2 aromatic rings. The van der Waals surface area contributed by atoms with E-state index in [4.69, 9.17) is 9.47 Å². The van der Waals surface area contributed by atoms with Crippen molar-refractivity contribution in [1.82, 2.24) is 4.90 Å². The minimum atomic E-state index is -4.53. The van der Waals surface area contributed by atoms with E-state index in [-0.39, 0.29) is 11.7 Å². The van der Waals surface area contributed by atoms with Gasteiger partial charge in [0, 0.05) is 12.6 Å². The number of rotatable bonds is 6. The van der Waals surface area contributed by atoms with Crippen molar-refractivity contribution in [2.75, 3.05) is 26.1 Å². The molecule has 0 aliphatic carbocycles. The summed E-state index contributed by atoms with van der Waals surface area (Å²) >= 11 is 0. The van der Waals surface area contributed by atoms with Crippen molar-refractivity contribution < 1.29 is 27.4 Å². The fraction of sp³-hybridized carbons (Fsp3) is 0.435. The lowest BCUT2D eigenvalue weighted by Crippen LogP contribution is -2.46. The average molecular weight is 436 g/mol. The first-order chi connectivity index (χ1) is 14.8. The van der Waals surface area contributed by atoms with Gasteiger partial charge in [-0.15, -0.1) is 0 Å². The summed E-state index contributed by atoms with van der Waals surface area (Å²) < 4.78 is 50.4. The van der Waals surface area contributed by atoms with Crippen LogP contribution in [-0.2, 0) is 12.6 Å². The van der Waals surface area contributed by atoms with E-state index < -0.39 is 17.8 Å². The Labute approximate surface area is 180 Å². The van der Waals surface area contributed by atoms with Crippen LogP contribution in [0.25, 0.3) is 0 Å². The van der Waals surface area contributed by atoms with Gasteiger partial charge in [0.15, 0.2) is 11.5 Å². The van der Waals surface area contributed by atoms with Crippen LogP contribution >= 0.6 is 0 Å². The van der Waals surface area contributed by atoms with Gasteiger partial charge < -0.3 is 19.7 Å². The Hall–Kier alpha value is -2.90. The molecule has 1 fully saturated rings. The number of benzene rings is 2. The standard InChI is InChI=1S/C23H27F3N2O3/c1-30-20-13-11-16(15-21(20)31-2)10-12-17-7-5-6-14-28(17)22(29)27-19-9-4-3-8-18(19)23(24,25)26/h3-4,8-9,11,13,15,17H,5-7,10,12,14H2,1-2H3,(H,27,29). The number of carbonyl (C=O) groups excluding carboxylic acids is 1. The van der Waals surface area contributed by atoms with E-state index in [0.717, 1.165) is 30.9 Å². The predicted octanol–water partition coefficient (Wildman–Crippen LogP) is 5.74. The lowest BCUT2D eigenvalue weighted by Gasteiger charge is -2.36. The first-order valence-electron chi connectivity index (χ1n) is 10.3. The van der Waals surface area contributed by atoms with Crippen LogP contribution < -0.4 is 14.8 Å². The molecule has 5 nitrogen and oxygen atoms in total. The summed E-state index contributed by atoms with van der Waals surface area (Å²) in [6.45, 7) is 0.524. The molecule has 0 spiro atoms. The van der Waals surface area contributed by atoms with Crippen LogP contribution in [0.1, 0.15) is 36.8 Å². The second-order valence-electron chi connectivity index (χ2n) is 7.54. The van der Waals surface area contributed by atoms with Crippen LogP contribution in [-0.4, -0.2) is 37.7 Å². The number of halogens is 3. The van der Waals surface area contributed by atoms with Gasteiger partial charge in [-0.25, -0.2) is 4.79 Å². The van der Waals surface area contributed by atoms with E-state index in [9.17, 15) is 18.0 Å². The van der Waals surface area contributed by atoms with Gasteiger partial charge in [0.2, 0.25) is 0 Å². The molecule has 168 valence electrons. The van der Waals surface area contributed by atoms with Gasteiger partial charge >= 0.3 is 12.2 Å². The van der Waals surface area contributed by atoms with Crippen molar-refractivity contribution in [2.45, 2.75) is 44.3 Å². The molecular weight excluding hydrogens is 409 g/mol. The van der Waals surface area contributed by atoms with Crippen LogP contribution in [0.2, 0.25) is 0 Å².